The van der Waals surface area contributed by atoms with E-state index in [0.29, 0.717) is 23.2 Å². The number of halogens is 2. The molecule has 0 bridgehead atoms. The Balaban J connectivity index is 2.46. The molecule has 0 saturated carbocycles. The van der Waals surface area contributed by atoms with Gasteiger partial charge in [0, 0.05) is 17.5 Å². The highest BCUT2D eigenvalue weighted by Gasteiger charge is 2.04. The number of carbonyl (C=O) groups excluding carboxylic acids is 1. The Bertz CT molecular complexity index is 418. The maximum absolute atomic E-state index is 12.1. The maximum atomic E-state index is 12.1. The van der Waals surface area contributed by atoms with Crippen LogP contribution >= 0.6 is 11.8 Å². The van der Waals surface area contributed by atoms with Crippen LogP contribution in [0.25, 0.3) is 6.08 Å². The van der Waals surface area contributed by atoms with Crippen molar-refractivity contribution in [2.75, 3.05) is 6.54 Å². The van der Waals surface area contributed by atoms with Crippen LogP contribution < -0.4 is 5.32 Å². The molecule has 0 heterocycles. The highest BCUT2D eigenvalue weighted by molar-refractivity contribution is 7.99. The van der Waals surface area contributed by atoms with Crippen molar-refractivity contribution in [3.63, 3.8) is 0 Å². The average Bonchev–Trinajstić information content (AvgIpc) is 2.37. The Morgan fingerprint density at radius 2 is 2.05 bits per heavy atom. The minimum Gasteiger partial charge on any atom is -0.353 e. The molecule has 0 spiro atoms. The van der Waals surface area contributed by atoms with Gasteiger partial charge in [0.1, 0.15) is 0 Å². The Kier molecular flexibility index (Phi) is 7.18. The first-order valence-corrected chi connectivity index (χ1v) is 7.00. The zero-order valence-corrected chi connectivity index (χ0v) is 11.6. The smallest absolute Gasteiger partial charge is 0.288 e. The van der Waals surface area contributed by atoms with Crippen LogP contribution in [0.2, 0.25) is 0 Å². The quantitative estimate of drug-likeness (QED) is 0.467. The molecule has 2 nitrogen and oxygen atoms in total. The Morgan fingerprint density at radius 3 is 2.63 bits per heavy atom. The molecule has 19 heavy (non-hydrogen) atoms. The van der Waals surface area contributed by atoms with Crippen molar-refractivity contribution in [3.8, 4) is 0 Å². The van der Waals surface area contributed by atoms with Crippen molar-refractivity contribution in [1.29, 1.82) is 0 Å². The maximum Gasteiger partial charge on any atom is 0.288 e. The minimum absolute atomic E-state index is 0.139. The number of hydrogen-bond acceptors (Lipinski definition) is 2. The number of benzene rings is 1. The van der Waals surface area contributed by atoms with Gasteiger partial charge in [-0.3, -0.25) is 4.79 Å². The lowest BCUT2D eigenvalue weighted by atomic mass is 10.2. The van der Waals surface area contributed by atoms with Crippen LogP contribution in [0.4, 0.5) is 8.78 Å². The van der Waals surface area contributed by atoms with Crippen molar-refractivity contribution in [2.45, 2.75) is 30.4 Å². The molecule has 0 fully saturated rings. The van der Waals surface area contributed by atoms with Crippen LogP contribution in [0.1, 0.15) is 25.3 Å². The molecule has 1 aromatic carbocycles. The molecule has 0 aromatic heterocycles. The highest BCUT2D eigenvalue weighted by atomic mass is 32.2. The number of hydrogen-bond donors (Lipinski definition) is 1. The van der Waals surface area contributed by atoms with E-state index in [9.17, 15) is 13.6 Å². The van der Waals surface area contributed by atoms with E-state index >= 15 is 0 Å². The van der Waals surface area contributed by atoms with Gasteiger partial charge in [-0.15, -0.1) is 0 Å². The van der Waals surface area contributed by atoms with Gasteiger partial charge in [0.25, 0.3) is 5.76 Å². The van der Waals surface area contributed by atoms with Crippen LogP contribution in [-0.4, -0.2) is 18.2 Å². The fourth-order valence-electron chi connectivity index (χ4n) is 1.38. The summed E-state index contributed by atoms with van der Waals surface area (Å²) in [6, 6.07) is 6.65. The molecule has 104 valence electrons. The number of unbranched alkanes of at least 4 members (excludes halogenated alkanes) is 1. The van der Waals surface area contributed by atoms with Gasteiger partial charge in [-0.2, -0.15) is 8.78 Å². The Labute approximate surface area is 116 Å². The second kappa shape index (κ2) is 8.69. The molecule has 0 radical (unpaired) electrons. The number of carbonyl (C=O) groups is 1. The minimum atomic E-state index is -2.41. The van der Waals surface area contributed by atoms with Crippen LogP contribution in [0, 0.1) is 0 Å². The normalized spacial score (nSPS) is 11.2. The molecule has 0 unspecified atom stereocenters. The number of nitrogens with one attached hydrogen (secondary N) is 1. The van der Waals surface area contributed by atoms with Gasteiger partial charge >= 0.3 is 0 Å². The van der Waals surface area contributed by atoms with Gasteiger partial charge in [0.2, 0.25) is 5.91 Å². The third-order valence-corrected chi connectivity index (χ3v) is 3.08. The van der Waals surface area contributed by atoms with E-state index in [4.69, 9.17) is 0 Å². The summed E-state index contributed by atoms with van der Waals surface area (Å²) >= 11 is 0.508. The molecule has 0 aliphatic heterocycles. The lowest BCUT2D eigenvalue weighted by molar-refractivity contribution is -0.116. The Morgan fingerprint density at radius 1 is 1.37 bits per heavy atom. The molecular weight excluding hydrogens is 268 g/mol. The molecule has 0 aliphatic rings. The van der Waals surface area contributed by atoms with Crippen LogP contribution in [-0.2, 0) is 4.79 Å². The second-order valence-corrected chi connectivity index (χ2v) is 4.99. The third-order valence-electron chi connectivity index (χ3n) is 2.36. The second-order valence-electron chi connectivity index (χ2n) is 3.93. The van der Waals surface area contributed by atoms with Gasteiger partial charge in [-0.25, -0.2) is 0 Å². The molecule has 1 aromatic rings. The standard InChI is InChI=1S/C14H17F2NOS/c1-2-3-10-17-13(18)9-6-11-4-7-12(8-5-11)19-14(15)16/h4-9,14H,2-3,10H2,1H3,(H,17,18). The van der Waals surface area contributed by atoms with Gasteiger partial charge in [0.05, 0.1) is 0 Å². The summed E-state index contributed by atoms with van der Waals surface area (Å²) in [5.41, 5.74) is 0.809. The summed E-state index contributed by atoms with van der Waals surface area (Å²) in [5, 5.41) is 2.76. The van der Waals surface area contributed by atoms with E-state index in [1.807, 2.05) is 0 Å². The SMILES string of the molecule is CCCCNC(=O)C=Cc1ccc(SC(F)F)cc1. The first-order valence-electron chi connectivity index (χ1n) is 6.12. The summed E-state index contributed by atoms with van der Waals surface area (Å²) in [4.78, 5) is 11.9. The monoisotopic (exact) mass is 285 g/mol. The van der Waals surface area contributed by atoms with E-state index in [1.54, 1.807) is 30.3 Å². The van der Waals surface area contributed by atoms with Crippen molar-refractivity contribution in [3.05, 3.63) is 35.9 Å². The van der Waals surface area contributed by atoms with Crippen molar-refractivity contribution in [1.82, 2.24) is 5.32 Å². The third kappa shape index (κ3) is 6.96. The molecule has 0 aliphatic carbocycles. The lowest BCUT2D eigenvalue weighted by Gasteiger charge is -2.01. The van der Waals surface area contributed by atoms with E-state index in [2.05, 4.69) is 12.2 Å². The molecular formula is C14H17F2NOS. The summed E-state index contributed by atoms with van der Waals surface area (Å²) in [7, 11) is 0. The molecule has 1 N–H and O–H groups in total. The van der Waals surface area contributed by atoms with Gasteiger partial charge in [0.15, 0.2) is 0 Å². The summed E-state index contributed by atoms with van der Waals surface area (Å²) < 4.78 is 24.2. The molecule has 0 atom stereocenters. The first kappa shape index (κ1) is 15.7. The predicted molar refractivity (Wildman–Crippen MR) is 75.3 cm³/mol. The van der Waals surface area contributed by atoms with E-state index in [1.165, 1.54) is 6.08 Å². The number of rotatable bonds is 7. The van der Waals surface area contributed by atoms with Gasteiger partial charge in [-0.05, 0) is 30.2 Å². The number of alkyl halides is 2. The molecule has 5 heteroatoms. The van der Waals surface area contributed by atoms with Crippen LogP contribution in [0.3, 0.4) is 0 Å². The lowest BCUT2D eigenvalue weighted by Crippen LogP contribution is -2.21. The largest absolute Gasteiger partial charge is 0.353 e. The van der Waals surface area contributed by atoms with Crippen LogP contribution in [0.5, 0.6) is 0 Å². The Hall–Kier alpha value is -1.36. The van der Waals surface area contributed by atoms with Crippen molar-refractivity contribution >= 4 is 23.7 Å². The highest BCUT2D eigenvalue weighted by Crippen LogP contribution is 2.25. The zero-order valence-electron chi connectivity index (χ0n) is 10.7. The molecule has 1 rings (SSSR count). The van der Waals surface area contributed by atoms with E-state index < -0.39 is 5.76 Å². The number of amides is 1. The average molecular weight is 285 g/mol. The fourth-order valence-corrected chi connectivity index (χ4v) is 1.88. The fraction of sp³-hybridized carbons (Fsp3) is 0.357. The van der Waals surface area contributed by atoms with Crippen LogP contribution in [0.15, 0.2) is 35.2 Å². The molecule has 1 amide bonds. The van der Waals surface area contributed by atoms with Gasteiger partial charge in [-0.1, -0.05) is 37.2 Å². The summed E-state index contributed by atoms with van der Waals surface area (Å²) in [5.74, 6) is -2.55. The van der Waals surface area contributed by atoms with Gasteiger partial charge < -0.3 is 5.32 Å². The van der Waals surface area contributed by atoms with Crippen molar-refractivity contribution < 1.29 is 13.6 Å². The summed E-state index contributed by atoms with van der Waals surface area (Å²) in [6.07, 6.45) is 5.11. The summed E-state index contributed by atoms with van der Waals surface area (Å²) in [6.45, 7) is 2.73. The number of thioether (sulfide) groups is 1. The van der Waals surface area contributed by atoms with Crippen molar-refractivity contribution in [2.24, 2.45) is 0 Å². The van der Waals surface area contributed by atoms with E-state index in [-0.39, 0.29) is 5.91 Å². The first-order chi connectivity index (χ1) is 9.11. The predicted octanol–water partition coefficient (Wildman–Crippen LogP) is 3.93. The van der Waals surface area contributed by atoms with E-state index in [0.717, 1.165) is 18.4 Å². The topological polar surface area (TPSA) is 29.1 Å². The zero-order chi connectivity index (χ0) is 14.1. The molecule has 0 saturated heterocycles.